The van der Waals surface area contributed by atoms with Crippen molar-refractivity contribution in [1.29, 1.82) is 0 Å². The second kappa shape index (κ2) is 5.12. The minimum Gasteiger partial charge on any atom is -0.368 e. The highest BCUT2D eigenvalue weighted by molar-refractivity contribution is 14.1. The Morgan fingerprint density at radius 3 is 2.64 bits per heavy atom. The van der Waals surface area contributed by atoms with Crippen LogP contribution < -0.4 is 5.73 Å². The maximum atomic E-state index is 11.6. The fourth-order valence-electron chi connectivity index (χ4n) is 1.90. The van der Waals surface area contributed by atoms with Crippen LogP contribution >= 0.6 is 22.6 Å². The number of halogens is 1. The summed E-state index contributed by atoms with van der Waals surface area (Å²) < 4.78 is 25.4. The summed E-state index contributed by atoms with van der Waals surface area (Å²) in [5.41, 5.74) is 7.58. The Morgan fingerprint density at radius 2 is 1.95 bits per heavy atom. The highest BCUT2D eigenvalue weighted by Crippen LogP contribution is 2.23. The third-order valence-electron chi connectivity index (χ3n) is 2.99. The van der Waals surface area contributed by atoms with Gasteiger partial charge in [-0.2, -0.15) is 19.5 Å². The topological polar surface area (TPSA) is 116 Å². The Hall–Kier alpha value is -1.82. The monoisotopic (exact) mass is 430 g/mol. The molecule has 2 heterocycles. The van der Waals surface area contributed by atoms with E-state index in [1.807, 2.05) is 25.1 Å². The predicted octanol–water partition coefficient (Wildman–Crippen LogP) is 1.09. The van der Waals surface area contributed by atoms with Crippen molar-refractivity contribution in [3.05, 3.63) is 27.3 Å². The molecule has 1 aromatic carbocycles. The molecule has 0 saturated carbocycles. The van der Waals surface area contributed by atoms with E-state index in [0.717, 1.165) is 21.0 Å². The molecule has 8 nitrogen and oxygen atoms in total. The maximum absolute atomic E-state index is 11.6. The maximum Gasteiger partial charge on any atom is 0.258 e. The molecule has 0 amide bonds. The lowest BCUT2D eigenvalue weighted by atomic mass is 10.1. The summed E-state index contributed by atoms with van der Waals surface area (Å²) >= 11 is 2.20. The van der Waals surface area contributed by atoms with E-state index < -0.39 is 9.84 Å². The molecule has 3 aromatic rings. The lowest BCUT2D eigenvalue weighted by molar-refractivity contribution is 0.592. The fraction of sp³-hybridized carbons (Fsp3) is 0.167. The van der Waals surface area contributed by atoms with E-state index in [9.17, 15) is 8.42 Å². The Balaban J connectivity index is 2.26. The summed E-state index contributed by atoms with van der Waals surface area (Å²) in [6, 6.07) is 5.87. The van der Waals surface area contributed by atoms with E-state index in [0.29, 0.717) is 5.82 Å². The zero-order valence-corrected chi connectivity index (χ0v) is 14.6. The second-order valence-corrected chi connectivity index (χ2v) is 7.90. The first-order chi connectivity index (χ1) is 10.3. The van der Waals surface area contributed by atoms with Gasteiger partial charge in [-0.25, -0.2) is 8.42 Å². The van der Waals surface area contributed by atoms with Crippen LogP contribution in [0.1, 0.15) is 5.56 Å². The number of rotatable bonds is 2. The molecule has 0 aliphatic rings. The minimum atomic E-state index is -3.57. The van der Waals surface area contributed by atoms with Gasteiger partial charge in [0.1, 0.15) is 0 Å². The SMILES string of the molecule is Cc1ccc(I)cc1-c1nc2nc(S(C)(=O)=O)nc(N)n2n1. The molecule has 0 radical (unpaired) electrons. The molecule has 0 aliphatic heterocycles. The Bertz CT molecular complexity index is 998. The smallest absolute Gasteiger partial charge is 0.258 e. The van der Waals surface area contributed by atoms with Crippen molar-refractivity contribution in [2.24, 2.45) is 0 Å². The molecule has 0 unspecified atom stereocenters. The molecule has 2 aromatic heterocycles. The number of nitrogens with zero attached hydrogens (tertiary/aromatic N) is 5. The molecule has 0 aliphatic carbocycles. The number of aryl methyl sites for hydroxylation is 1. The quantitative estimate of drug-likeness (QED) is 0.605. The van der Waals surface area contributed by atoms with Crippen LogP contribution in [-0.4, -0.2) is 39.2 Å². The molecule has 2 N–H and O–H groups in total. The minimum absolute atomic E-state index is 0.0764. The molecule has 0 fully saturated rings. The van der Waals surface area contributed by atoms with E-state index in [-0.39, 0.29) is 16.9 Å². The highest BCUT2D eigenvalue weighted by atomic mass is 127. The number of nitrogen functional groups attached to an aromatic ring is 1. The van der Waals surface area contributed by atoms with E-state index in [1.54, 1.807) is 0 Å². The largest absolute Gasteiger partial charge is 0.368 e. The molecular formula is C12H11IN6O2S. The van der Waals surface area contributed by atoms with Crippen LogP contribution in [0.15, 0.2) is 23.4 Å². The zero-order valence-electron chi connectivity index (χ0n) is 11.6. The van der Waals surface area contributed by atoms with Crippen LogP contribution in [0.2, 0.25) is 0 Å². The van der Waals surface area contributed by atoms with Gasteiger partial charge in [0.25, 0.3) is 10.9 Å². The molecule has 3 rings (SSSR count). The lowest BCUT2D eigenvalue weighted by Gasteiger charge is -2.01. The summed E-state index contributed by atoms with van der Waals surface area (Å²) in [6.45, 7) is 1.94. The van der Waals surface area contributed by atoms with E-state index >= 15 is 0 Å². The number of hydrogen-bond acceptors (Lipinski definition) is 7. The van der Waals surface area contributed by atoms with Gasteiger partial charge in [0.05, 0.1) is 0 Å². The summed E-state index contributed by atoms with van der Waals surface area (Å²) in [5, 5.41) is 3.90. The summed E-state index contributed by atoms with van der Waals surface area (Å²) in [5.74, 6) is 0.441. The second-order valence-electron chi connectivity index (χ2n) is 4.74. The molecule has 114 valence electrons. The fourth-order valence-corrected chi connectivity index (χ4v) is 2.90. The van der Waals surface area contributed by atoms with E-state index in [1.165, 1.54) is 4.52 Å². The number of anilines is 1. The van der Waals surface area contributed by atoms with E-state index in [4.69, 9.17) is 5.73 Å². The number of nitrogens with two attached hydrogens (primary N) is 1. The first-order valence-corrected chi connectivity index (χ1v) is 9.09. The van der Waals surface area contributed by atoms with Gasteiger partial charge in [0, 0.05) is 15.4 Å². The van der Waals surface area contributed by atoms with Gasteiger partial charge < -0.3 is 5.73 Å². The third-order valence-corrected chi connectivity index (χ3v) is 4.50. The van der Waals surface area contributed by atoms with Crippen molar-refractivity contribution < 1.29 is 8.42 Å². The summed E-state index contributed by atoms with van der Waals surface area (Å²) in [4.78, 5) is 11.9. The first-order valence-electron chi connectivity index (χ1n) is 6.12. The van der Waals surface area contributed by atoms with Crippen LogP contribution in [0.3, 0.4) is 0 Å². The van der Waals surface area contributed by atoms with Gasteiger partial charge >= 0.3 is 0 Å². The van der Waals surface area contributed by atoms with Crippen molar-refractivity contribution in [2.75, 3.05) is 12.0 Å². The van der Waals surface area contributed by atoms with Crippen molar-refractivity contribution >= 4 is 44.2 Å². The molecule has 10 heteroatoms. The van der Waals surface area contributed by atoms with Gasteiger partial charge in [0.15, 0.2) is 5.82 Å². The zero-order chi connectivity index (χ0) is 16.1. The van der Waals surface area contributed by atoms with Crippen molar-refractivity contribution in [3.63, 3.8) is 0 Å². The lowest BCUT2D eigenvalue weighted by Crippen LogP contribution is -2.11. The molecule has 0 saturated heterocycles. The number of fused-ring (bicyclic) bond motifs is 1. The number of sulfone groups is 1. The van der Waals surface area contributed by atoms with Gasteiger partial charge in [-0.15, -0.1) is 5.10 Å². The number of benzene rings is 1. The molecule has 22 heavy (non-hydrogen) atoms. The normalized spacial score (nSPS) is 12.0. The average molecular weight is 430 g/mol. The molecule has 0 bridgehead atoms. The average Bonchev–Trinajstić information content (AvgIpc) is 2.85. The Labute approximate surface area is 139 Å². The Kier molecular flexibility index (Phi) is 3.51. The molecule has 0 atom stereocenters. The summed E-state index contributed by atoms with van der Waals surface area (Å²) in [7, 11) is -3.57. The number of hydrogen-bond donors (Lipinski definition) is 1. The van der Waals surface area contributed by atoms with Gasteiger partial charge in [-0.05, 0) is 47.2 Å². The van der Waals surface area contributed by atoms with Crippen molar-refractivity contribution in [1.82, 2.24) is 24.6 Å². The predicted molar refractivity (Wildman–Crippen MR) is 89.0 cm³/mol. The van der Waals surface area contributed by atoms with Gasteiger partial charge in [0.2, 0.25) is 15.8 Å². The first kappa shape index (κ1) is 15.1. The van der Waals surface area contributed by atoms with Crippen LogP contribution in [0.4, 0.5) is 5.95 Å². The van der Waals surface area contributed by atoms with Crippen molar-refractivity contribution in [2.45, 2.75) is 12.1 Å². The van der Waals surface area contributed by atoms with Crippen molar-refractivity contribution in [3.8, 4) is 11.4 Å². The van der Waals surface area contributed by atoms with E-state index in [2.05, 4.69) is 42.6 Å². The Morgan fingerprint density at radius 1 is 1.23 bits per heavy atom. The van der Waals surface area contributed by atoms with Gasteiger partial charge in [-0.3, -0.25) is 0 Å². The molecule has 0 spiro atoms. The standard InChI is InChI=1S/C12H11IN6O2S/c1-6-3-4-7(13)5-8(6)9-15-11-17-12(22(2,20)21)16-10(14)19(11)18-9/h3-5H,1-2H3,(H2,14,15,16,17,18). The van der Waals surface area contributed by atoms with Crippen LogP contribution in [0, 0.1) is 10.5 Å². The summed E-state index contributed by atoms with van der Waals surface area (Å²) in [6.07, 6.45) is 1.01. The van der Waals surface area contributed by atoms with Crippen LogP contribution in [0.25, 0.3) is 17.2 Å². The molecular weight excluding hydrogens is 419 g/mol. The van der Waals surface area contributed by atoms with Gasteiger partial charge in [-0.1, -0.05) is 6.07 Å². The van der Waals surface area contributed by atoms with Crippen LogP contribution in [0.5, 0.6) is 0 Å². The highest BCUT2D eigenvalue weighted by Gasteiger charge is 2.18. The number of aromatic nitrogens is 5. The van der Waals surface area contributed by atoms with Crippen LogP contribution in [-0.2, 0) is 9.84 Å². The third kappa shape index (κ3) is 2.63.